The van der Waals surface area contributed by atoms with E-state index in [0.717, 1.165) is 12.1 Å². The summed E-state index contributed by atoms with van der Waals surface area (Å²) < 4.78 is 41.1. The number of nitrogens with zero attached hydrogens (tertiary/aromatic N) is 2. The van der Waals surface area contributed by atoms with Crippen molar-refractivity contribution in [2.45, 2.75) is 12.3 Å². The Hall–Kier alpha value is -1.90. The first-order chi connectivity index (χ1) is 8.34. The maximum atomic E-state index is 12.2. The lowest BCUT2D eigenvalue weighted by molar-refractivity contribution is -0.147. The number of methoxy groups -OCH3 is 1. The van der Waals surface area contributed by atoms with Gasteiger partial charge in [0, 0.05) is 7.11 Å². The molecule has 1 rings (SSSR count). The smallest absolute Gasteiger partial charge is 0.435 e. The number of rotatable bonds is 5. The highest BCUT2D eigenvalue weighted by atomic mass is 19.4. The number of aliphatic carboxylic acids is 1. The summed E-state index contributed by atoms with van der Waals surface area (Å²) in [6, 6.07) is 1.81. The first-order valence-electron chi connectivity index (χ1n) is 4.75. The molecule has 0 bridgehead atoms. The van der Waals surface area contributed by atoms with Crippen LogP contribution in [0, 0.1) is 0 Å². The number of anilines is 1. The maximum absolute atomic E-state index is 12.2. The van der Waals surface area contributed by atoms with E-state index >= 15 is 0 Å². The second-order valence-corrected chi connectivity index (χ2v) is 3.25. The third-order valence-corrected chi connectivity index (χ3v) is 1.98. The molecule has 0 amide bonds. The summed E-state index contributed by atoms with van der Waals surface area (Å²) >= 11 is 0. The highest BCUT2D eigenvalue weighted by Crippen LogP contribution is 2.26. The Balaban J connectivity index is 2.62. The van der Waals surface area contributed by atoms with E-state index in [1.165, 1.54) is 7.11 Å². The van der Waals surface area contributed by atoms with E-state index in [-0.39, 0.29) is 12.4 Å². The van der Waals surface area contributed by atoms with E-state index in [2.05, 4.69) is 20.3 Å². The highest BCUT2D eigenvalue weighted by molar-refractivity contribution is 5.73. The number of alkyl halides is 3. The zero-order valence-electron chi connectivity index (χ0n) is 9.23. The minimum Gasteiger partial charge on any atom is -0.479 e. The first kappa shape index (κ1) is 14.2. The van der Waals surface area contributed by atoms with Crippen molar-refractivity contribution in [3.63, 3.8) is 0 Å². The van der Waals surface area contributed by atoms with Gasteiger partial charge in [-0.2, -0.15) is 13.2 Å². The molecule has 100 valence electrons. The van der Waals surface area contributed by atoms with Crippen molar-refractivity contribution in [3.05, 3.63) is 17.8 Å². The van der Waals surface area contributed by atoms with Crippen LogP contribution in [0.4, 0.5) is 19.0 Å². The van der Waals surface area contributed by atoms with Gasteiger partial charge in [0.1, 0.15) is 5.82 Å². The van der Waals surface area contributed by atoms with Crippen molar-refractivity contribution in [3.8, 4) is 0 Å². The van der Waals surface area contributed by atoms with Crippen molar-refractivity contribution < 1.29 is 27.8 Å². The predicted octanol–water partition coefficient (Wildman–Crippen LogP) is 1.01. The maximum Gasteiger partial charge on any atom is 0.435 e. The van der Waals surface area contributed by atoms with Gasteiger partial charge >= 0.3 is 12.1 Å². The minimum atomic E-state index is -4.55. The second-order valence-electron chi connectivity index (χ2n) is 3.25. The average molecular weight is 265 g/mol. The molecule has 1 aromatic heterocycles. The van der Waals surface area contributed by atoms with Gasteiger partial charge in [0.25, 0.3) is 0 Å². The molecule has 18 heavy (non-hydrogen) atoms. The van der Waals surface area contributed by atoms with Crippen LogP contribution in [0.3, 0.4) is 0 Å². The quantitative estimate of drug-likeness (QED) is 0.826. The van der Waals surface area contributed by atoms with Crippen LogP contribution in [0.2, 0.25) is 0 Å². The molecule has 0 radical (unpaired) electrons. The lowest BCUT2D eigenvalue weighted by Crippen LogP contribution is -2.30. The summed E-state index contributed by atoms with van der Waals surface area (Å²) in [5, 5.41) is 17.4. The molecule has 0 spiro atoms. The standard InChI is InChI=1S/C9H10F3N3O3/c1-18-5(8(16)17)4-13-7-3-2-6(14-15-7)9(10,11)12/h2-3,5H,4H2,1H3,(H,13,15)(H,16,17). The molecule has 0 aliphatic rings. The van der Waals surface area contributed by atoms with Gasteiger partial charge in [0.05, 0.1) is 6.54 Å². The Kier molecular flexibility index (Phi) is 4.43. The Labute approximate surface area is 99.8 Å². The molecule has 0 aromatic carbocycles. The zero-order valence-corrected chi connectivity index (χ0v) is 9.23. The van der Waals surface area contributed by atoms with Crippen LogP contribution in [-0.4, -0.2) is 41.0 Å². The van der Waals surface area contributed by atoms with Gasteiger partial charge in [-0.3, -0.25) is 0 Å². The number of carbonyl (C=O) groups is 1. The van der Waals surface area contributed by atoms with Crippen molar-refractivity contribution in [2.24, 2.45) is 0 Å². The lowest BCUT2D eigenvalue weighted by atomic mass is 10.3. The fourth-order valence-electron chi connectivity index (χ4n) is 1.05. The van der Waals surface area contributed by atoms with Gasteiger partial charge in [0.2, 0.25) is 0 Å². The number of ether oxygens (including phenoxy) is 1. The van der Waals surface area contributed by atoms with Gasteiger partial charge in [-0.15, -0.1) is 10.2 Å². The van der Waals surface area contributed by atoms with E-state index in [1.54, 1.807) is 0 Å². The molecule has 0 saturated heterocycles. The SMILES string of the molecule is COC(CNc1ccc(C(F)(F)F)nn1)C(=O)O. The summed E-state index contributed by atoms with van der Waals surface area (Å²) in [7, 11) is 1.21. The Morgan fingerprint density at radius 2 is 2.17 bits per heavy atom. The Morgan fingerprint density at radius 1 is 1.50 bits per heavy atom. The van der Waals surface area contributed by atoms with Crippen molar-refractivity contribution in [1.82, 2.24) is 10.2 Å². The molecule has 0 aliphatic carbocycles. The van der Waals surface area contributed by atoms with Crippen LogP contribution in [0.15, 0.2) is 12.1 Å². The van der Waals surface area contributed by atoms with Gasteiger partial charge in [-0.05, 0) is 12.1 Å². The second kappa shape index (κ2) is 5.63. The Morgan fingerprint density at radius 3 is 2.56 bits per heavy atom. The molecule has 0 fully saturated rings. The molecular weight excluding hydrogens is 255 g/mol. The van der Waals surface area contributed by atoms with Crippen molar-refractivity contribution in [2.75, 3.05) is 19.0 Å². The summed E-state index contributed by atoms with van der Waals surface area (Å²) in [4.78, 5) is 10.6. The number of nitrogens with one attached hydrogen (secondary N) is 1. The van der Waals surface area contributed by atoms with E-state index < -0.39 is 23.9 Å². The Bertz CT molecular complexity index is 408. The normalized spacial score (nSPS) is 13.1. The van der Waals surface area contributed by atoms with Crippen LogP contribution in [0.5, 0.6) is 0 Å². The number of carboxylic acids is 1. The molecule has 1 unspecified atom stereocenters. The number of carboxylic acid groups (broad SMARTS) is 1. The molecule has 0 aliphatic heterocycles. The lowest BCUT2D eigenvalue weighted by Gasteiger charge is -2.11. The topological polar surface area (TPSA) is 84.3 Å². The fourth-order valence-corrected chi connectivity index (χ4v) is 1.05. The number of halogens is 3. The molecule has 6 nitrogen and oxygen atoms in total. The van der Waals surface area contributed by atoms with E-state index in [9.17, 15) is 18.0 Å². The largest absolute Gasteiger partial charge is 0.479 e. The van der Waals surface area contributed by atoms with Crippen molar-refractivity contribution >= 4 is 11.8 Å². The van der Waals surface area contributed by atoms with Crippen LogP contribution >= 0.6 is 0 Å². The molecule has 0 saturated carbocycles. The van der Waals surface area contributed by atoms with Gasteiger partial charge in [0.15, 0.2) is 11.8 Å². The number of aromatic nitrogens is 2. The first-order valence-corrected chi connectivity index (χ1v) is 4.75. The van der Waals surface area contributed by atoms with Crippen LogP contribution in [-0.2, 0) is 15.7 Å². The van der Waals surface area contributed by atoms with Crippen molar-refractivity contribution in [1.29, 1.82) is 0 Å². The van der Waals surface area contributed by atoms with E-state index in [0.29, 0.717) is 0 Å². The molecular formula is C9H10F3N3O3. The molecule has 1 aromatic rings. The monoisotopic (exact) mass is 265 g/mol. The summed E-state index contributed by atoms with van der Waals surface area (Å²) in [5.74, 6) is -1.16. The van der Waals surface area contributed by atoms with Crippen LogP contribution in [0.25, 0.3) is 0 Å². The zero-order chi connectivity index (χ0) is 13.8. The van der Waals surface area contributed by atoms with E-state index in [1.807, 2.05) is 0 Å². The molecule has 1 heterocycles. The number of hydrogen-bond acceptors (Lipinski definition) is 5. The third-order valence-electron chi connectivity index (χ3n) is 1.98. The number of hydrogen-bond donors (Lipinski definition) is 2. The molecule has 1 atom stereocenters. The third kappa shape index (κ3) is 3.84. The molecule has 9 heteroatoms. The summed E-state index contributed by atoms with van der Waals surface area (Å²) in [5.41, 5.74) is -1.12. The van der Waals surface area contributed by atoms with Gasteiger partial charge < -0.3 is 15.2 Å². The minimum absolute atomic E-state index is 0.0336. The van der Waals surface area contributed by atoms with Crippen LogP contribution in [0.1, 0.15) is 5.69 Å². The summed E-state index contributed by atoms with van der Waals surface area (Å²) in [6.45, 7) is -0.133. The van der Waals surface area contributed by atoms with Gasteiger partial charge in [-0.1, -0.05) is 0 Å². The average Bonchev–Trinajstić information content (AvgIpc) is 2.29. The van der Waals surface area contributed by atoms with E-state index in [4.69, 9.17) is 5.11 Å². The predicted molar refractivity (Wildman–Crippen MR) is 54.0 cm³/mol. The van der Waals surface area contributed by atoms with Gasteiger partial charge in [-0.25, -0.2) is 4.79 Å². The molecule has 2 N–H and O–H groups in total. The van der Waals surface area contributed by atoms with Crippen LogP contribution < -0.4 is 5.32 Å². The summed E-state index contributed by atoms with van der Waals surface area (Å²) in [6.07, 6.45) is -5.67. The highest BCUT2D eigenvalue weighted by Gasteiger charge is 2.32. The fraction of sp³-hybridized carbons (Fsp3) is 0.444.